The molecule has 0 spiro atoms. The van der Waals surface area contributed by atoms with E-state index in [1.807, 2.05) is 30.3 Å². The number of hydrogen-bond donors (Lipinski definition) is 1. The van der Waals surface area contributed by atoms with Gasteiger partial charge in [-0.25, -0.2) is 0 Å². The van der Waals surface area contributed by atoms with Crippen molar-refractivity contribution in [2.75, 3.05) is 6.54 Å². The zero-order valence-corrected chi connectivity index (χ0v) is 11.8. The van der Waals surface area contributed by atoms with Gasteiger partial charge in [0, 0.05) is 20.0 Å². The Labute approximate surface area is 119 Å². The number of amidine groups is 1. The number of benzene rings is 1. The molecule has 0 bridgehead atoms. The maximum absolute atomic E-state index is 11.0. The summed E-state index contributed by atoms with van der Waals surface area (Å²) in [5, 5.41) is 12.5. The van der Waals surface area contributed by atoms with Crippen LogP contribution < -0.4 is 0 Å². The van der Waals surface area contributed by atoms with Gasteiger partial charge in [-0.05, 0) is 12.5 Å². The van der Waals surface area contributed by atoms with Gasteiger partial charge in [-0.2, -0.15) is 0 Å². The van der Waals surface area contributed by atoms with E-state index in [1.165, 1.54) is 6.92 Å². The van der Waals surface area contributed by atoms with E-state index in [-0.39, 0.29) is 0 Å². The van der Waals surface area contributed by atoms with Crippen molar-refractivity contribution in [2.24, 2.45) is 5.16 Å². The van der Waals surface area contributed by atoms with Crippen molar-refractivity contribution in [3.63, 3.8) is 0 Å². The molecule has 0 amide bonds. The van der Waals surface area contributed by atoms with Crippen LogP contribution in [0.4, 0.5) is 0 Å². The van der Waals surface area contributed by atoms with E-state index in [0.29, 0.717) is 18.9 Å². The molecule has 0 radical (unpaired) electrons. The lowest BCUT2D eigenvalue weighted by Crippen LogP contribution is -2.39. The first kappa shape index (κ1) is 15.8. The van der Waals surface area contributed by atoms with Crippen molar-refractivity contribution < 1.29 is 14.7 Å². The second-order valence-corrected chi connectivity index (χ2v) is 4.36. The maximum atomic E-state index is 11.0. The summed E-state index contributed by atoms with van der Waals surface area (Å²) in [6.07, 6.45) is 1.08. The molecule has 0 aromatic heterocycles. The molecule has 5 nitrogen and oxygen atoms in total. The largest absolute Gasteiger partial charge is 0.455 e. The summed E-state index contributed by atoms with van der Waals surface area (Å²) in [6, 6.07) is 9.76. The molecule has 0 aliphatic rings. The Morgan fingerprint density at radius 1 is 1.50 bits per heavy atom. The smallest absolute Gasteiger partial charge is 0.303 e. The van der Waals surface area contributed by atoms with Gasteiger partial charge >= 0.3 is 5.97 Å². The van der Waals surface area contributed by atoms with Crippen LogP contribution in [0, 0.1) is 0 Å². The third-order valence-corrected chi connectivity index (χ3v) is 2.70. The Hall–Kier alpha value is -2.30. The summed E-state index contributed by atoms with van der Waals surface area (Å²) in [5.41, 5.74) is 1.06. The molecule has 108 valence electrons. The molecule has 5 heteroatoms. The Kier molecular flexibility index (Phi) is 6.29. The minimum atomic E-state index is -0.624. The van der Waals surface area contributed by atoms with Crippen LogP contribution in [0.25, 0.3) is 0 Å². The first-order valence-corrected chi connectivity index (χ1v) is 6.37. The molecule has 1 aromatic carbocycles. The molecule has 1 atom stereocenters. The van der Waals surface area contributed by atoms with Crippen LogP contribution in [0.15, 0.2) is 48.1 Å². The lowest BCUT2D eigenvalue weighted by molar-refractivity contribution is -0.143. The molecule has 0 heterocycles. The fourth-order valence-corrected chi connectivity index (χ4v) is 1.90. The number of ether oxygens (including phenoxy) is 1. The molecule has 0 fully saturated rings. The monoisotopic (exact) mass is 276 g/mol. The highest BCUT2D eigenvalue weighted by Crippen LogP contribution is 2.09. The van der Waals surface area contributed by atoms with Crippen LogP contribution in [0.2, 0.25) is 0 Å². The molecule has 1 rings (SSSR count). The predicted molar refractivity (Wildman–Crippen MR) is 77.5 cm³/mol. The highest BCUT2D eigenvalue weighted by Gasteiger charge is 2.21. The molecule has 0 aliphatic heterocycles. The Morgan fingerprint density at radius 3 is 2.65 bits per heavy atom. The summed E-state index contributed by atoms with van der Waals surface area (Å²) in [6.45, 7) is 7.70. The molecule has 1 N–H and O–H groups in total. The molecular weight excluding hydrogens is 256 g/mol. The van der Waals surface area contributed by atoms with Crippen molar-refractivity contribution in [1.29, 1.82) is 0 Å². The van der Waals surface area contributed by atoms with E-state index in [9.17, 15) is 10.0 Å². The van der Waals surface area contributed by atoms with E-state index < -0.39 is 12.1 Å². The standard InChI is InChI=1S/C15H20N2O3/c1-4-10-17(11-14-8-6-5-7-9-14)15(16-19)12(2)20-13(3)18/h4-9,12,19H,1,10-11H2,2-3H3/b16-15-/t12-/m0/s1. The molecule has 0 saturated heterocycles. The number of rotatable bonds is 6. The van der Waals surface area contributed by atoms with E-state index in [2.05, 4.69) is 11.7 Å². The molecule has 0 saturated carbocycles. The van der Waals surface area contributed by atoms with Crippen LogP contribution >= 0.6 is 0 Å². The van der Waals surface area contributed by atoms with Crippen molar-refractivity contribution in [3.8, 4) is 0 Å². The first-order chi connectivity index (χ1) is 9.58. The van der Waals surface area contributed by atoms with Crippen molar-refractivity contribution >= 4 is 11.8 Å². The third kappa shape index (κ3) is 4.76. The second kappa shape index (κ2) is 7.99. The van der Waals surface area contributed by atoms with Crippen molar-refractivity contribution in [3.05, 3.63) is 48.6 Å². The highest BCUT2D eigenvalue weighted by molar-refractivity contribution is 5.87. The van der Waals surface area contributed by atoms with Crippen LogP contribution in [-0.2, 0) is 16.1 Å². The lowest BCUT2D eigenvalue weighted by Gasteiger charge is -2.27. The topological polar surface area (TPSA) is 62.1 Å². The summed E-state index contributed by atoms with van der Waals surface area (Å²) in [5.74, 6) is -0.124. The highest BCUT2D eigenvalue weighted by atomic mass is 16.5. The van der Waals surface area contributed by atoms with Gasteiger partial charge in [0.25, 0.3) is 0 Å². The third-order valence-electron chi connectivity index (χ3n) is 2.70. The number of nitrogens with zero attached hydrogens (tertiary/aromatic N) is 2. The normalized spacial score (nSPS) is 12.6. The van der Waals surface area contributed by atoms with E-state index in [4.69, 9.17) is 4.74 Å². The fourth-order valence-electron chi connectivity index (χ4n) is 1.90. The fraction of sp³-hybridized carbons (Fsp3) is 0.333. The van der Waals surface area contributed by atoms with Crippen molar-refractivity contribution in [1.82, 2.24) is 4.90 Å². The zero-order valence-electron chi connectivity index (χ0n) is 11.8. The van der Waals surface area contributed by atoms with Crippen LogP contribution in [0.5, 0.6) is 0 Å². The second-order valence-electron chi connectivity index (χ2n) is 4.36. The average Bonchev–Trinajstić information content (AvgIpc) is 2.40. The van der Waals surface area contributed by atoms with Crippen molar-refractivity contribution in [2.45, 2.75) is 26.5 Å². The molecule has 20 heavy (non-hydrogen) atoms. The van der Waals surface area contributed by atoms with Gasteiger partial charge in [0.15, 0.2) is 11.9 Å². The number of oxime groups is 1. The van der Waals surface area contributed by atoms with Gasteiger partial charge in [-0.1, -0.05) is 41.6 Å². The molecular formula is C15H20N2O3. The van der Waals surface area contributed by atoms with Gasteiger partial charge in [0.2, 0.25) is 0 Å². The Balaban J connectivity index is 2.87. The molecule has 1 aromatic rings. The van der Waals surface area contributed by atoms with Gasteiger partial charge in [-0.15, -0.1) is 6.58 Å². The van der Waals surface area contributed by atoms with E-state index in [0.717, 1.165) is 5.56 Å². The number of carbonyl (C=O) groups excluding carboxylic acids is 1. The van der Waals surface area contributed by atoms with Gasteiger partial charge in [0.1, 0.15) is 0 Å². The van der Waals surface area contributed by atoms with Crippen LogP contribution in [0.3, 0.4) is 0 Å². The van der Waals surface area contributed by atoms with Gasteiger partial charge in [0.05, 0.1) is 0 Å². The quantitative estimate of drug-likeness (QED) is 0.216. The number of carbonyl (C=O) groups is 1. The average molecular weight is 276 g/mol. The summed E-state index contributed by atoms with van der Waals surface area (Å²) in [7, 11) is 0. The van der Waals surface area contributed by atoms with Gasteiger partial charge in [-0.3, -0.25) is 4.79 Å². The van der Waals surface area contributed by atoms with Gasteiger partial charge < -0.3 is 14.8 Å². The Bertz CT molecular complexity index is 471. The maximum Gasteiger partial charge on any atom is 0.303 e. The summed E-state index contributed by atoms with van der Waals surface area (Å²) in [4.78, 5) is 12.8. The first-order valence-electron chi connectivity index (χ1n) is 6.37. The van der Waals surface area contributed by atoms with Crippen LogP contribution in [-0.4, -0.2) is 34.6 Å². The summed E-state index contributed by atoms with van der Waals surface area (Å²) < 4.78 is 5.06. The number of esters is 1. The number of hydrogen-bond acceptors (Lipinski definition) is 4. The zero-order chi connectivity index (χ0) is 15.0. The minimum Gasteiger partial charge on any atom is -0.455 e. The summed E-state index contributed by atoms with van der Waals surface area (Å²) >= 11 is 0. The molecule has 0 unspecified atom stereocenters. The van der Waals surface area contributed by atoms with E-state index >= 15 is 0 Å². The molecule has 0 aliphatic carbocycles. The Morgan fingerprint density at radius 2 is 2.15 bits per heavy atom. The van der Waals surface area contributed by atoms with Crippen LogP contribution in [0.1, 0.15) is 19.4 Å². The van der Waals surface area contributed by atoms with E-state index in [1.54, 1.807) is 17.9 Å². The lowest BCUT2D eigenvalue weighted by atomic mass is 10.2. The minimum absolute atomic E-state index is 0.295. The predicted octanol–water partition coefficient (Wildman–Crippen LogP) is 2.41. The SMILES string of the molecule is C=CCN(Cc1ccccc1)/C(=N\O)[C@H](C)OC(C)=O.